The number of hydrogen-bond donors (Lipinski definition) is 1. The standard InChI is InChI=1S/C19H20O/c1-13-6-7-16-15-4-2-3-5-17(15)19(18(16)12-13)10-8-14(20)9-11-19/h2-7,12,14,20H,8-11H2,1H3. The number of aliphatic hydroxyl groups excluding tert-OH is 1. The van der Waals surface area contributed by atoms with Crippen molar-refractivity contribution in [3.63, 3.8) is 0 Å². The van der Waals surface area contributed by atoms with Crippen LogP contribution in [0.3, 0.4) is 0 Å². The molecule has 1 spiro atoms. The van der Waals surface area contributed by atoms with Crippen LogP contribution >= 0.6 is 0 Å². The molecule has 0 heterocycles. The summed E-state index contributed by atoms with van der Waals surface area (Å²) >= 11 is 0. The summed E-state index contributed by atoms with van der Waals surface area (Å²) in [6, 6.07) is 15.7. The largest absolute Gasteiger partial charge is 0.393 e. The lowest BCUT2D eigenvalue weighted by atomic mass is 9.67. The average molecular weight is 264 g/mol. The third-order valence-corrected chi connectivity index (χ3v) is 5.23. The maximum atomic E-state index is 9.90. The Bertz CT molecular complexity index is 663. The molecule has 1 saturated carbocycles. The maximum Gasteiger partial charge on any atom is 0.0541 e. The van der Waals surface area contributed by atoms with Crippen LogP contribution in [0.25, 0.3) is 11.1 Å². The third-order valence-electron chi connectivity index (χ3n) is 5.23. The first-order valence-electron chi connectivity index (χ1n) is 7.60. The van der Waals surface area contributed by atoms with Crippen LogP contribution in [0.4, 0.5) is 0 Å². The van der Waals surface area contributed by atoms with Gasteiger partial charge in [-0.25, -0.2) is 0 Å². The Morgan fingerprint density at radius 2 is 1.65 bits per heavy atom. The number of rotatable bonds is 0. The van der Waals surface area contributed by atoms with Crippen molar-refractivity contribution in [2.45, 2.75) is 44.1 Å². The van der Waals surface area contributed by atoms with Crippen molar-refractivity contribution in [1.82, 2.24) is 0 Å². The van der Waals surface area contributed by atoms with Crippen molar-refractivity contribution in [3.05, 3.63) is 59.2 Å². The van der Waals surface area contributed by atoms with Gasteiger partial charge < -0.3 is 5.11 Å². The van der Waals surface area contributed by atoms with Gasteiger partial charge in [-0.3, -0.25) is 0 Å². The zero-order valence-corrected chi connectivity index (χ0v) is 11.9. The fourth-order valence-electron chi connectivity index (χ4n) is 4.20. The first-order valence-corrected chi connectivity index (χ1v) is 7.60. The van der Waals surface area contributed by atoms with Gasteiger partial charge in [-0.05, 0) is 54.9 Å². The van der Waals surface area contributed by atoms with Gasteiger partial charge in [0.05, 0.1) is 6.10 Å². The molecule has 4 rings (SSSR count). The molecule has 0 saturated heterocycles. The molecule has 2 aromatic rings. The van der Waals surface area contributed by atoms with Gasteiger partial charge in [0.1, 0.15) is 0 Å². The lowest BCUT2D eigenvalue weighted by molar-refractivity contribution is 0.107. The Labute approximate surface area is 120 Å². The molecule has 2 aliphatic carbocycles. The fourth-order valence-corrected chi connectivity index (χ4v) is 4.20. The molecule has 0 radical (unpaired) electrons. The predicted molar refractivity (Wildman–Crippen MR) is 81.9 cm³/mol. The van der Waals surface area contributed by atoms with Crippen molar-refractivity contribution in [3.8, 4) is 11.1 Å². The maximum absolute atomic E-state index is 9.90. The normalized spacial score (nSPS) is 27.4. The molecule has 0 aromatic heterocycles. The second-order valence-corrected chi connectivity index (χ2v) is 6.41. The van der Waals surface area contributed by atoms with Crippen LogP contribution in [0.15, 0.2) is 42.5 Å². The smallest absolute Gasteiger partial charge is 0.0541 e. The Hall–Kier alpha value is -1.60. The van der Waals surface area contributed by atoms with Crippen molar-refractivity contribution in [2.75, 3.05) is 0 Å². The highest BCUT2D eigenvalue weighted by Crippen LogP contribution is 2.55. The summed E-state index contributed by atoms with van der Waals surface area (Å²) in [6.45, 7) is 2.18. The third kappa shape index (κ3) is 1.53. The van der Waals surface area contributed by atoms with E-state index in [-0.39, 0.29) is 11.5 Å². The number of aliphatic hydroxyl groups is 1. The van der Waals surface area contributed by atoms with Crippen LogP contribution in [0.1, 0.15) is 42.4 Å². The SMILES string of the molecule is Cc1ccc2c(c1)C1(CCC(O)CC1)c1ccccc1-2. The number of aryl methyl sites for hydroxylation is 1. The van der Waals surface area contributed by atoms with Crippen LogP contribution in [0, 0.1) is 6.92 Å². The molecule has 1 nitrogen and oxygen atoms in total. The zero-order valence-electron chi connectivity index (χ0n) is 11.9. The summed E-state index contributed by atoms with van der Waals surface area (Å²) in [5, 5.41) is 9.90. The molecule has 0 atom stereocenters. The fraction of sp³-hybridized carbons (Fsp3) is 0.368. The highest BCUT2D eigenvalue weighted by Gasteiger charge is 2.44. The molecule has 1 N–H and O–H groups in total. The Kier molecular flexibility index (Phi) is 2.55. The van der Waals surface area contributed by atoms with E-state index >= 15 is 0 Å². The van der Waals surface area contributed by atoms with Gasteiger partial charge in [0, 0.05) is 5.41 Å². The Morgan fingerprint density at radius 3 is 2.45 bits per heavy atom. The summed E-state index contributed by atoms with van der Waals surface area (Å²) in [7, 11) is 0. The van der Waals surface area contributed by atoms with Crippen LogP contribution in [-0.2, 0) is 5.41 Å². The second kappa shape index (κ2) is 4.20. The molecule has 20 heavy (non-hydrogen) atoms. The average Bonchev–Trinajstić information content (AvgIpc) is 2.73. The van der Waals surface area contributed by atoms with Crippen LogP contribution in [0.5, 0.6) is 0 Å². The highest BCUT2D eigenvalue weighted by atomic mass is 16.3. The molecule has 2 aliphatic rings. The summed E-state index contributed by atoms with van der Waals surface area (Å²) in [4.78, 5) is 0. The first kappa shape index (κ1) is 12.2. The Morgan fingerprint density at radius 1 is 0.950 bits per heavy atom. The van der Waals surface area contributed by atoms with Gasteiger partial charge in [-0.15, -0.1) is 0 Å². The van der Waals surface area contributed by atoms with Crippen molar-refractivity contribution in [2.24, 2.45) is 0 Å². The van der Waals surface area contributed by atoms with Crippen molar-refractivity contribution < 1.29 is 5.11 Å². The molecule has 0 unspecified atom stereocenters. The minimum atomic E-state index is -0.110. The quantitative estimate of drug-likeness (QED) is 0.756. The summed E-state index contributed by atoms with van der Waals surface area (Å²) < 4.78 is 0. The molecule has 2 aromatic carbocycles. The van der Waals surface area contributed by atoms with E-state index in [0.717, 1.165) is 25.7 Å². The second-order valence-electron chi connectivity index (χ2n) is 6.41. The van der Waals surface area contributed by atoms with Crippen LogP contribution in [-0.4, -0.2) is 11.2 Å². The molecule has 1 heteroatoms. The van der Waals surface area contributed by atoms with E-state index in [9.17, 15) is 5.11 Å². The van der Waals surface area contributed by atoms with Gasteiger partial charge in [0.15, 0.2) is 0 Å². The topological polar surface area (TPSA) is 20.2 Å². The molecular formula is C19H20O. The number of benzene rings is 2. The van der Waals surface area contributed by atoms with Gasteiger partial charge in [0.2, 0.25) is 0 Å². The van der Waals surface area contributed by atoms with Crippen molar-refractivity contribution in [1.29, 1.82) is 0 Å². The van der Waals surface area contributed by atoms with E-state index < -0.39 is 0 Å². The van der Waals surface area contributed by atoms with E-state index in [1.807, 2.05) is 0 Å². The van der Waals surface area contributed by atoms with Gasteiger partial charge in [-0.1, -0.05) is 48.0 Å². The minimum Gasteiger partial charge on any atom is -0.393 e. The number of fused-ring (bicyclic) bond motifs is 5. The summed E-state index contributed by atoms with van der Waals surface area (Å²) in [6.07, 6.45) is 3.87. The first-order chi connectivity index (χ1) is 9.71. The Balaban J connectivity index is 1.97. The van der Waals surface area contributed by atoms with E-state index in [4.69, 9.17) is 0 Å². The highest BCUT2D eigenvalue weighted by molar-refractivity contribution is 5.81. The molecule has 0 amide bonds. The lowest BCUT2D eigenvalue weighted by Crippen LogP contribution is -2.33. The van der Waals surface area contributed by atoms with Crippen molar-refractivity contribution >= 4 is 0 Å². The number of hydrogen-bond acceptors (Lipinski definition) is 1. The molecule has 0 bridgehead atoms. The van der Waals surface area contributed by atoms with Gasteiger partial charge >= 0.3 is 0 Å². The van der Waals surface area contributed by atoms with Gasteiger partial charge in [-0.2, -0.15) is 0 Å². The summed E-state index contributed by atoms with van der Waals surface area (Å²) in [5.41, 5.74) is 7.26. The zero-order chi connectivity index (χ0) is 13.7. The van der Waals surface area contributed by atoms with E-state index in [1.54, 1.807) is 0 Å². The molecule has 1 fully saturated rings. The summed E-state index contributed by atoms with van der Waals surface area (Å²) in [5.74, 6) is 0. The molecular weight excluding hydrogens is 244 g/mol. The van der Waals surface area contributed by atoms with E-state index in [2.05, 4.69) is 49.4 Å². The van der Waals surface area contributed by atoms with Gasteiger partial charge in [0.25, 0.3) is 0 Å². The molecule has 102 valence electrons. The van der Waals surface area contributed by atoms with E-state index in [0.29, 0.717) is 0 Å². The van der Waals surface area contributed by atoms with E-state index in [1.165, 1.54) is 27.8 Å². The lowest BCUT2D eigenvalue weighted by Gasteiger charge is -2.37. The predicted octanol–water partition coefficient (Wildman–Crippen LogP) is 4.20. The molecule has 0 aliphatic heterocycles. The monoisotopic (exact) mass is 264 g/mol. The van der Waals surface area contributed by atoms with Crippen LogP contribution in [0.2, 0.25) is 0 Å². The van der Waals surface area contributed by atoms with Crippen LogP contribution < -0.4 is 0 Å². The minimum absolute atomic E-state index is 0.110.